The Kier molecular flexibility index (Phi) is 6.40. The summed E-state index contributed by atoms with van der Waals surface area (Å²) in [6, 6.07) is 10.2. The summed E-state index contributed by atoms with van der Waals surface area (Å²) in [6.07, 6.45) is 0.724. The molecular weight excluding hydrogens is 436 g/mol. The number of thiazole rings is 1. The number of esters is 1. The maximum Gasteiger partial charge on any atom is 0.337 e. The van der Waals surface area contributed by atoms with E-state index < -0.39 is 5.97 Å². The van der Waals surface area contributed by atoms with Crippen LogP contribution in [-0.2, 0) is 22.5 Å². The summed E-state index contributed by atoms with van der Waals surface area (Å²) in [5.41, 5.74) is 2.02. The van der Waals surface area contributed by atoms with Gasteiger partial charge in [0.25, 0.3) is 5.91 Å². The van der Waals surface area contributed by atoms with Gasteiger partial charge in [0.15, 0.2) is 5.13 Å². The maximum atomic E-state index is 12.4. The fourth-order valence-electron chi connectivity index (χ4n) is 3.21. The summed E-state index contributed by atoms with van der Waals surface area (Å²) in [5.74, 6) is -0.710. The van der Waals surface area contributed by atoms with E-state index in [1.807, 2.05) is 16.3 Å². The number of thiophene rings is 1. The van der Waals surface area contributed by atoms with Crippen LogP contribution in [0.25, 0.3) is 0 Å². The predicted molar refractivity (Wildman–Crippen MR) is 120 cm³/mol. The highest BCUT2D eigenvalue weighted by molar-refractivity contribution is 7.16. The number of amides is 2. The van der Waals surface area contributed by atoms with Gasteiger partial charge in [0.05, 0.1) is 29.8 Å². The molecule has 3 aromatic rings. The number of carbonyl (C=O) groups excluding carboxylic acids is 3. The summed E-state index contributed by atoms with van der Waals surface area (Å²) in [6.45, 7) is 1.56. The zero-order valence-corrected chi connectivity index (χ0v) is 18.3. The lowest BCUT2D eigenvalue weighted by Gasteiger charge is -2.25. The van der Waals surface area contributed by atoms with E-state index in [0.717, 1.165) is 17.0 Å². The fraction of sp³-hybridized carbons (Fsp3) is 0.238. The molecular formula is C21H20N4O4S2. The van der Waals surface area contributed by atoms with Crippen LogP contribution < -0.4 is 10.6 Å². The standard InChI is InChI=1S/C21H20N4O4S2/c1-29-20(28)13-4-6-14(7-5-13)22-18(26)12-25-9-8-15-17(11-25)31-21(23-15)24-19(27)16-3-2-10-30-16/h2-7,10H,8-9,11-12H2,1H3,(H,22,26)(H,23,24,27). The van der Waals surface area contributed by atoms with Crippen LogP contribution in [0.5, 0.6) is 0 Å². The molecule has 0 aliphatic carbocycles. The van der Waals surface area contributed by atoms with E-state index in [0.29, 0.717) is 34.3 Å². The molecule has 4 rings (SSSR count). The largest absolute Gasteiger partial charge is 0.465 e. The van der Waals surface area contributed by atoms with E-state index in [9.17, 15) is 14.4 Å². The van der Waals surface area contributed by atoms with Crippen molar-refractivity contribution in [3.63, 3.8) is 0 Å². The van der Waals surface area contributed by atoms with Gasteiger partial charge in [-0.15, -0.1) is 22.7 Å². The number of aromatic nitrogens is 1. The second-order valence-electron chi connectivity index (χ2n) is 6.90. The second kappa shape index (κ2) is 9.38. The normalized spacial score (nSPS) is 13.3. The summed E-state index contributed by atoms with van der Waals surface area (Å²) in [5, 5.41) is 8.14. The molecule has 1 aromatic carbocycles. The van der Waals surface area contributed by atoms with Gasteiger partial charge in [0.1, 0.15) is 0 Å². The van der Waals surface area contributed by atoms with Gasteiger partial charge < -0.3 is 10.1 Å². The lowest BCUT2D eigenvalue weighted by Crippen LogP contribution is -2.36. The number of nitrogens with one attached hydrogen (secondary N) is 2. The molecule has 0 atom stereocenters. The third-order valence-electron chi connectivity index (χ3n) is 4.73. The van der Waals surface area contributed by atoms with Crippen molar-refractivity contribution in [3.8, 4) is 0 Å². The van der Waals surface area contributed by atoms with Crippen molar-refractivity contribution in [2.45, 2.75) is 13.0 Å². The van der Waals surface area contributed by atoms with Crippen LogP contribution in [0.2, 0.25) is 0 Å². The molecule has 0 radical (unpaired) electrons. The van der Waals surface area contributed by atoms with Crippen LogP contribution in [0.1, 0.15) is 30.6 Å². The molecule has 8 nitrogen and oxygen atoms in total. The second-order valence-corrected chi connectivity index (χ2v) is 8.93. The first-order valence-corrected chi connectivity index (χ1v) is 11.3. The van der Waals surface area contributed by atoms with E-state index >= 15 is 0 Å². The average Bonchev–Trinajstić information content (AvgIpc) is 3.43. The molecule has 0 unspecified atom stereocenters. The van der Waals surface area contributed by atoms with Gasteiger partial charge in [0, 0.05) is 30.1 Å². The summed E-state index contributed by atoms with van der Waals surface area (Å²) >= 11 is 2.83. The molecule has 0 fully saturated rings. The van der Waals surface area contributed by atoms with Crippen molar-refractivity contribution < 1.29 is 19.1 Å². The summed E-state index contributed by atoms with van der Waals surface area (Å²) in [7, 11) is 1.33. The number of methoxy groups -OCH3 is 1. The number of nitrogens with zero attached hydrogens (tertiary/aromatic N) is 2. The highest BCUT2D eigenvalue weighted by Gasteiger charge is 2.23. The molecule has 0 saturated carbocycles. The lowest BCUT2D eigenvalue weighted by molar-refractivity contribution is -0.117. The molecule has 10 heteroatoms. The van der Waals surface area contributed by atoms with Crippen molar-refractivity contribution in [2.24, 2.45) is 0 Å². The highest BCUT2D eigenvalue weighted by atomic mass is 32.1. The Labute approximate surface area is 186 Å². The molecule has 0 spiro atoms. The first-order valence-electron chi connectivity index (χ1n) is 9.56. The summed E-state index contributed by atoms with van der Waals surface area (Å²) in [4.78, 5) is 44.4. The van der Waals surface area contributed by atoms with Gasteiger partial charge in [-0.25, -0.2) is 9.78 Å². The Bertz CT molecular complexity index is 1090. The van der Waals surface area contributed by atoms with Crippen LogP contribution in [-0.4, -0.2) is 47.9 Å². The van der Waals surface area contributed by atoms with E-state index in [1.54, 1.807) is 30.3 Å². The minimum atomic E-state index is -0.419. The molecule has 2 amide bonds. The molecule has 2 N–H and O–H groups in total. The van der Waals surface area contributed by atoms with Crippen LogP contribution in [0, 0.1) is 0 Å². The molecule has 2 aromatic heterocycles. The third-order valence-corrected chi connectivity index (χ3v) is 6.60. The quantitative estimate of drug-likeness (QED) is 0.553. The topological polar surface area (TPSA) is 101 Å². The van der Waals surface area contributed by atoms with Crippen molar-refractivity contribution >= 4 is 51.3 Å². The van der Waals surface area contributed by atoms with Crippen molar-refractivity contribution in [1.82, 2.24) is 9.88 Å². The number of anilines is 2. The number of hydrogen-bond acceptors (Lipinski definition) is 8. The molecule has 3 heterocycles. The van der Waals surface area contributed by atoms with E-state index in [2.05, 4.69) is 20.4 Å². The number of ether oxygens (including phenoxy) is 1. The van der Waals surface area contributed by atoms with Gasteiger partial charge >= 0.3 is 5.97 Å². The van der Waals surface area contributed by atoms with E-state index in [-0.39, 0.29) is 18.4 Å². The minimum Gasteiger partial charge on any atom is -0.465 e. The zero-order valence-electron chi connectivity index (χ0n) is 16.7. The zero-order chi connectivity index (χ0) is 21.8. The van der Waals surface area contributed by atoms with E-state index in [4.69, 9.17) is 0 Å². The van der Waals surface area contributed by atoms with Gasteiger partial charge in [-0.1, -0.05) is 6.07 Å². The number of carbonyl (C=O) groups is 3. The third kappa shape index (κ3) is 5.16. The van der Waals surface area contributed by atoms with Crippen molar-refractivity contribution in [2.75, 3.05) is 30.8 Å². The number of hydrogen-bond donors (Lipinski definition) is 2. The van der Waals surface area contributed by atoms with Gasteiger partial charge in [-0.3, -0.25) is 19.8 Å². The number of fused-ring (bicyclic) bond motifs is 1. The number of rotatable bonds is 6. The van der Waals surface area contributed by atoms with Crippen LogP contribution in [0.4, 0.5) is 10.8 Å². The Hall–Kier alpha value is -3.08. The summed E-state index contributed by atoms with van der Waals surface area (Å²) < 4.78 is 4.67. The Balaban J connectivity index is 1.31. The first-order chi connectivity index (χ1) is 15.0. The Morgan fingerprint density at radius 3 is 2.68 bits per heavy atom. The minimum absolute atomic E-state index is 0.134. The lowest BCUT2D eigenvalue weighted by atomic mass is 10.2. The van der Waals surface area contributed by atoms with Gasteiger partial charge in [-0.05, 0) is 35.7 Å². The maximum absolute atomic E-state index is 12.4. The monoisotopic (exact) mass is 456 g/mol. The predicted octanol–water partition coefficient (Wildman–Crippen LogP) is 3.24. The Morgan fingerprint density at radius 1 is 1.16 bits per heavy atom. The smallest absolute Gasteiger partial charge is 0.337 e. The fourth-order valence-corrected chi connectivity index (χ4v) is 4.88. The van der Waals surface area contributed by atoms with E-state index in [1.165, 1.54) is 29.8 Å². The molecule has 31 heavy (non-hydrogen) atoms. The SMILES string of the molecule is COC(=O)c1ccc(NC(=O)CN2CCc3nc(NC(=O)c4cccs4)sc3C2)cc1. The van der Waals surface area contributed by atoms with Crippen LogP contribution >= 0.6 is 22.7 Å². The average molecular weight is 457 g/mol. The van der Waals surface area contributed by atoms with Gasteiger partial charge in [-0.2, -0.15) is 0 Å². The van der Waals surface area contributed by atoms with Crippen molar-refractivity contribution in [3.05, 3.63) is 62.8 Å². The molecule has 160 valence electrons. The van der Waals surface area contributed by atoms with Gasteiger partial charge in [0.2, 0.25) is 5.91 Å². The highest BCUT2D eigenvalue weighted by Crippen LogP contribution is 2.29. The molecule has 0 saturated heterocycles. The molecule has 1 aliphatic heterocycles. The first kappa shape index (κ1) is 21.2. The van der Waals surface area contributed by atoms with Crippen LogP contribution in [0.3, 0.4) is 0 Å². The van der Waals surface area contributed by atoms with Crippen LogP contribution in [0.15, 0.2) is 41.8 Å². The van der Waals surface area contributed by atoms with Crippen molar-refractivity contribution in [1.29, 1.82) is 0 Å². The Morgan fingerprint density at radius 2 is 1.97 bits per heavy atom. The molecule has 1 aliphatic rings. The number of benzene rings is 1. The molecule has 0 bridgehead atoms.